The van der Waals surface area contributed by atoms with Gasteiger partial charge in [-0.3, -0.25) is 9.13 Å². The van der Waals surface area contributed by atoms with Crippen molar-refractivity contribution in [2.45, 2.75) is 24.7 Å². The molecule has 0 saturated carbocycles. The van der Waals surface area contributed by atoms with Gasteiger partial charge in [-0.25, -0.2) is 19.9 Å². The van der Waals surface area contributed by atoms with E-state index >= 15 is 0 Å². The topological polar surface area (TPSA) is 67.9 Å². The third kappa shape index (κ3) is 14.2. The van der Waals surface area contributed by atoms with Gasteiger partial charge in [-0.15, -0.1) is 22.7 Å². The van der Waals surface area contributed by atoms with Crippen LogP contribution in [0.4, 0.5) is 34.1 Å². The van der Waals surface area contributed by atoms with Crippen molar-refractivity contribution < 1.29 is 0 Å². The Labute approximate surface area is 875 Å². The molecule has 10 heteroatoms. The summed E-state index contributed by atoms with van der Waals surface area (Å²) in [5, 5.41) is 14.5. The van der Waals surface area contributed by atoms with Crippen molar-refractivity contribution >= 4 is 162 Å². The number of benzene rings is 22. The lowest BCUT2D eigenvalue weighted by atomic mass is 9.67. The molecular formula is C140H92N8S2. The lowest BCUT2D eigenvalue weighted by Gasteiger charge is -2.35. The summed E-state index contributed by atoms with van der Waals surface area (Å²) in [4.78, 5) is 26.7. The summed E-state index contributed by atoms with van der Waals surface area (Å²) in [6.45, 7) is 4.73. The zero-order chi connectivity index (χ0) is 99.2. The monoisotopic (exact) mass is 1950 g/mol. The van der Waals surface area contributed by atoms with Gasteiger partial charge in [-0.05, 0) is 196 Å². The Balaban J connectivity index is 0.000000142. The second-order valence-corrected chi connectivity index (χ2v) is 41.8. The van der Waals surface area contributed by atoms with Gasteiger partial charge >= 0.3 is 0 Å². The standard InChI is InChI=1S/C75H48N4S.C65H44N4S/c1-6-21-49(22-7-1)50-37-40-56(41-38-50)78(57-42-43-60-59-33-18-19-35-63(59)75(64(60)47-57,54-28-12-4-13-29-54)55-30-14-5-15-31-55)69-36-20-34-61-62-44-46-68-71(73(62)80-72(61)69)70-58-32-17-16-23-51(58)39-45-67(70)79(68)74-76-65(52-24-8-2-9-25-52)48-66(77-74)53-26-10-3-11-27-53;1-65(2)53-27-15-14-25-49(53)50-35-34-47(39-54(50)65)68(46-32-29-42(30-33-46)41-17-6-3-7-18-41)59-28-16-26-51-52-36-38-58-61(63(52)70-62(51)59)60-48-24-13-12-19-43(48)31-37-57(60)69(58)64-66-55(44-20-8-4-9-21-44)40-56(67-64)45-22-10-5-11-23-45/h1-48H;3-40H,1-2H3. The van der Waals surface area contributed by atoms with Crippen LogP contribution < -0.4 is 9.80 Å². The Morgan fingerprint density at radius 2 is 0.507 bits per heavy atom. The van der Waals surface area contributed by atoms with E-state index in [9.17, 15) is 0 Å². The Morgan fingerprint density at radius 1 is 0.207 bits per heavy atom. The van der Waals surface area contributed by atoms with Crippen LogP contribution in [0.3, 0.4) is 0 Å². The zero-order valence-electron chi connectivity index (χ0n) is 82.0. The smallest absolute Gasteiger partial charge is 0.235 e. The molecule has 0 spiro atoms. The number of anilines is 6. The van der Waals surface area contributed by atoms with Gasteiger partial charge in [-0.1, -0.05) is 438 Å². The van der Waals surface area contributed by atoms with Crippen molar-refractivity contribution in [3.63, 3.8) is 0 Å². The molecule has 0 amide bonds. The van der Waals surface area contributed by atoms with Crippen molar-refractivity contribution in [1.29, 1.82) is 0 Å². The van der Waals surface area contributed by atoms with Crippen LogP contribution in [0.2, 0.25) is 0 Å². The van der Waals surface area contributed by atoms with Crippen LogP contribution in [0.5, 0.6) is 0 Å². The first-order chi connectivity index (χ1) is 74.2. The molecule has 2 aliphatic rings. The molecule has 6 aromatic heterocycles. The van der Waals surface area contributed by atoms with Crippen molar-refractivity contribution in [2.75, 3.05) is 9.80 Å². The van der Waals surface area contributed by atoms with Gasteiger partial charge in [0.15, 0.2) is 0 Å². The van der Waals surface area contributed by atoms with Crippen LogP contribution in [0.1, 0.15) is 47.2 Å². The van der Waals surface area contributed by atoms with Crippen molar-refractivity contribution in [3.05, 3.63) is 555 Å². The Morgan fingerprint density at radius 3 is 0.920 bits per heavy atom. The van der Waals surface area contributed by atoms with E-state index in [2.05, 4.69) is 554 Å². The van der Waals surface area contributed by atoms with Crippen LogP contribution >= 0.6 is 22.7 Å². The first-order valence-corrected chi connectivity index (χ1v) is 52.9. The van der Waals surface area contributed by atoms with Gasteiger partial charge in [0.1, 0.15) is 0 Å². The molecule has 30 rings (SSSR count). The number of fused-ring (bicyclic) bond motifs is 24. The third-order valence-corrected chi connectivity index (χ3v) is 33.6. The minimum atomic E-state index is -0.564. The van der Waals surface area contributed by atoms with Crippen molar-refractivity contribution in [3.8, 4) is 101 Å². The third-order valence-electron chi connectivity index (χ3n) is 31.1. The predicted molar refractivity (Wildman–Crippen MR) is 630 cm³/mol. The Hall–Kier alpha value is -18.8. The molecule has 0 radical (unpaired) electrons. The zero-order valence-corrected chi connectivity index (χ0v) is 83.7. The van der Waals surface area contributed by atoms with Gasteiger partial charge in [0, 0.05) is 103 Å². The fourth-order valence-corrected chi connectivity index (χ4v) is 26.9. The highest BCUT2D eigenvalue weighted by Gasteiger charge is 2.47. The molecule has 0 N–H and O–H groups in total. The number of aromatic nitrogens is 6. The van der Waals surface area contributed by atoms with Crippen LogP contribution in [-0.4, -0.2) is 29.1 Å². The molecule has 0 saturated heterocycles. The van der Waals surface area contributed by atoms with E-state index in [1.807, 2.05) is 22.7 Å². The molecule has 0 bridgehead atoms. The van der Waals surface area contributed by atoms with E-state index in [4.69, 9.17) is 19.9 Å². The van der Waals surface area contributed by atoms with Crippen LogP contribution in [0, 0.1) is 0 Å². The number of rotatable bonds is 16. The fourth-order valence-electron chi connectivity index (χ4n) is 24.2. The molecule has 704 valence electrons. The fraction of sp³-hybridized carbons (Fsp3) is 0.0286. The molecule has 150 heavy (non-hydrogen) atoms. The van der Waals surface area contributed by atoms with E-state index in [1.54, 1.807) is 0 Å². The minimum absolute atomic E-state index is 0.150. The van der Waals surface area contributed by atoms with Crippen LogP contribution in [-0.2, 0) is 10.8 Å². The van der Waals surface area contributed by atoms with E-state index < -0.39 is 5.41 Å². The summed E-state index contributed by atoms with van der Waals surface area (Å²) in [6, 6.07) is 190. The van der Waals surface area contributed by atoms with Gasteiger partial charge in [0.2, 0.25) is 11.9 Å². The van der Waals surface area contributed by atoms with Crippen molar-refractivity contribution in [1.82, 2.24) is 29.1 Å². The SMILES string of the molecule is CC1(C)c2ccccc2-c2ccc(N(c3ccc(-c4ccccc4)cc3)c3cccc4c3sc3c4ccc4c3c3c5ccccc5ccc3n4-c3nc(-c4ccccc4)cc(-c4ccccc4)n3)cc21.c1ccc(-c2ccc(N(c3ccc4c(c3)C(c3ccccc3)(c3ccccc3)c3ccccc3-4)c3cccc4c3sc3c4ccc4c3c3c5ccccc5ccc3n4-c3nc(-c4ccccc4)cc(-c4ccccc4)n3)cc2)cc1. The summed E-state index contributed by atoms with van der Waals surface area (Å²) in [7, 11) is 0. The van der Waals surface area contributed by atoms with Crippen LogP contribution in [0.15, 0.2) is 522 Å². The number of thiophene rings is 2. The second kappa shape index (κ2) is 35.5. The summed E-state index contributed by atoms with van der Waals surface area (Å²) in [5.74, 6) is 1.27. The maximum absolute atomic E-state index is 5.44. The summed E-state index contributed by atoms with van der Waals surface area (Å²) in [6.07, 6.45) is 0. The van der Waals surface area contributed by atoms with E-state index in [0.717, 1.165) is 101 Å². The highest BCUT2D eigenvalue weighted by Crippen LogP contribution is 2.60. The van der Waals surface area contributed by atoms with E-state index in [-0.39, 0.29) is 5.41 Å². The Kier molecular flexibility index (Phi) is 20.8. The molecule has 8 nitrogen and oxygen atoms in total. The van der Waals surface area contributed by atoms with E-state index in [0.29, 0.717) is 11.9 Å². The van der Waals surface area contributed by atoms with Gasteiger partial charge < -0.3 is 9.80 Å². The lowest BCUT2D eigenvalue weighted by Crippen LogP contribution is -2.28. The molecule has 28 aromatic rings. The summed E-state index contributed by atoms with van der Waals surface area (Å²) in [5.41, 5.74) is 35.5. The average Bonchev–Trinajstić information content (AvgIpc) is 1.54. The molecule has 0 fully saturated rings. The maximum Gasteiger partial charge on any atom is 0.235 e. The minimum Gasteiger partial charge on any atom is -0.309 e. The molecule has 0 unspecified atom stereocenters. The molecule has 0 atom stereocenters. The Bertz CT molecular complexity index is 10100. The number of hydrogen-bond acceptors (Lipinski definition) is 8. The van der Waals surface area contributed by atoms with Gasteiger partial charge in [-0.2, -0.15) is 0 Å². The van der Waals surface area contributed by atoms with Crippen molar-refractivity contribution in [2.24, 2.45) is 0 Å². The number of nitrogens with zero attached hydrogens (tertiary/aromatic N) is 8. The largest absolute Gasteiger partial charge is 0.309 e. The molecule has 0 aliphatic heterocycles. The molecule has 22 aromatic carbocycles. The number of hydrogen-bond donors (Lipinski definition) is 0. The van der Waals surface area contributed by atoms with Crippen LogP contribution in [0.25, 0.3) is 207 Å². The van der Waals surface area contributed by atoms with Gasteiger partial charge in [0.05, 0.1) is 71.0 Å². The lowest BCUT2D eigenvalue weighted by molar-refractivity contribution is 0.660. The predicted octanol–water partition coefficient (Wildman–Crippen LogP) is 37.8. The quantitative estimate of drug-likeness (QED) is 0.0960. The molecular weight excluding hydrogens is 1860 g/mol. The highest BCUT2D eigenvalue weighted by atomic mass is 32.1. The average molecular weight is 1950 g/mol. The van der Waals surface area contributed by atoms with E-state index in [1.165, 1.54) is 161 Å². The molecule has 6 heterocycles. The van der Waals surface area contributed by atoms with Gasteiger partial charge in [0.25, 0.3) is 0 Å². The second-order valence-electron chi connectivity index (χ2n) is 39.7. The summed E-state index contributed by atoms with van der Waals surface area (Å²) < 4.78 is 9.51. The first-order valence-electron chi connectivity index (χ1n) is 51.3. The maximum atomic E-state index is 5.44. The summed E-state index contributed by atoms with van der Waals surface area (Å²) >= 11 is 3.77. The highest BCUT2D eigenvalue weighted by molar-refractivity contribution is 7.28. The normalized spacial score (nSPS) is 12.7. The first kappa shape index (κ1) is 87.7. The molecule has 2 aliphatic carbocycles.